The van der Waals surface area contributed by atoms with Gasteiger partial charge in [0.25, 0.3) is 0 Å². The number of esters is 1. The number of aryl methyl sites for hydroxylation is 1. The fourth-order valence-electron chi connectivity index (χ4n) is 2.72. The normalized spacial score (nSPS) is 15.1. The number of hydrogen-bond donors (Lipinski definition) is 0. The van der Waals surface area contributed by atoms with E-state index in [-0.39, 0.29) is 22.2 Å². The number of rotatable bonds is 3. The Kier molecular flexibility index (Phi) is 4.33. The zero-order chi connectivity index (χ0) is 19.0. The molecule has 0 N–H and O–H groups in total. The highest BCUT2D eigenvalue weighted by molar-refractivity contribution is 6.32. The van der Waals surface area contributed by atoms with Crippen molar-refractivity contribution in [3.05, 3.63) is 82.0 Å². The summed E-state index contributed by atoms with van der Waals surface area (Å²) in [7, 11) is 0. The van der Waals surface area contributed by atoms with E-state index in [0.717, 1.165) is 5.56 Å². The van der Waals surface area contributed by atoms with Gasteiger partial charge in [-0.25, -0.2) is 14.2 Å². The van der Waals surface area contributed by atoms with Crippen molar-refractivity contribution in [1.29, 1.82) is 0 Å². The van der Waals surface area contributed by atoms with Crippen LogP contribution < -0.4 is 0 Å². The Labute approximate surface area is 158 Å². The minimum Gasteiger partial charge on any atom is -0.402 e. The highest BCUT2D eigenvalue weighted by Gasteiger charge is 2.30. The van der Waals surface area contributed by atoms with E-state index in [4.69, 9.17) is 20.9 Å². The Balaban J connectivity index is 1.79. The van der Waals surface area contributed by atoms with Crippen LogP contribution in [0, 0.1) is 12.7 Å². The van der Waals surface area contributed by atoms with Gasteiger partial charge >= 0.3 is 5.97 Å². The SMILES string of the molecule is Cc1onc(-c2ccccc2)c1C1=NC(=Cc2c(F)cccc2Cl)C(=O)O1. The predicted octanol–water partition coefficient (Wildman–Crippen LogP) is 4.79. The Morgan fingerprint density at radius 2 is 1.89 bits per heavy atom. The van der Waals surface area contributed by atoms with Crippen LogP contribution in [-0.2, 0) is 9.53 Å². The van der Waals surface area contributed by atoms with Crippen LogP contribution in [0.2, 0.25) is 5.02 Å². The minimum atomic E-state index is -0.705. The number of cyclic esters (lactones) is 1. The molecule has 0 bridgehead atoms. The number of carbonyl (C=O) groups is 1. The summed E-state index contributed by atoms with van der Waals surface area (Å²) in [6.45, 7) is 1.70. The van der Waals surface area contributed by atoms with Crippen molar-refractivity contribution in [1.82, 2.24) is 5.16 Å². The van der Waals surface area contributed by atoms with Crippen LogP contribution in [0.15, 0.2) is 63.7 Å². The molecule has 7 heteroatoms. The Hall–Kier alpha value is -3.25. The van der Waals surface area contributed by atoms with Crippen molar-refractivity contribution in [2.75, 3.05) is 0 Å². The van der Waals surface area contributed by atoms with Crippen LogP contribution in [-0.4, -0.2) is 17.0 Å². The first-order valence-corrected chi connectivity index (χ1v) is 8.41. The highest BCUT2D eigenvalue weighted by Crippen LogP contribution is 2.30. The monoisotopic (exact) mass is 382 g/mol. The maximum atomic E-state index is 14.0. The molecular formula is C20H12ClFN2O3. The molecule has 0 amide bonds. The maximum Gasteiger partial charge on any atom is 0.363 e. The Morgan fingerprint density at radius 3 is 2.63 bits per heavy atom. The van der Waals surface area contributed by atoms with Crippen molar-refractivity contribution < 1.29 is 18.4 Å². The molecule has 134 valence electrons. The molecule has 0 atom stereocenters. The summed E-state index contributed by atoms with van der Waals surface area (Å²) in [6, 6.07) is 13.6. The summed E-state index contributed by atoms with van der Waals surface area (Å²) in [5.74, 6) is -0.761. The van der Waals surface area contributed by atoms with E-state index in [1.807, 2.05) is 30.3 Å². The van der Waals surface area contributed by atoms with Crippen LogP contribution in [0.5, 0.6) is 0 Å². The lowest BCUT2D eigenvalue weighted by Crippen LogP contribution is -2.07. The van der Waals surface area contributed by atoms with Gasteiger partial charge in [-0.1, -0.05) is 53.2 Å². The first kappa shape index (κ1) is 17.2. The van der Waals surface area contributed by atoms with Gasteiger partial charge in [0.05, 0.1) is 5.02 Å². The van der Waals surface area contributed by atoms with Crippen LogP contribution in [0.3, 0.4) is 0 Å². The fraction of sp³-hybridized carbons (Fsp3) is 0.0500. The molecule has 0 spiro atoms. The van der Waals surface area contributed by atoms with Gasteiger partial charge < -0.3 is 9.26 Å². The second kappa shape index (κ2) is 6.81. The van der Waals surface area contributed by atoms with E-state index < -0.39 is 11.8 Å². The number of ether oxygens (including phenoxy) is 1. The average Bonchev–Trinajstić information content (AvgIpc) is 3.21. The van der Waals surface area contributed by atoms with Crippen molar-refractivity contribution >= 4 is 29.5 Å². The minimum absolute atomic E-state index is 0.0521. The van der Waals surface area contributed by atoms with Crippen LogP contribution in [0.25, 0.3) is 17.3 Å². The van der Waals surface area contributed by atoms with Gasteiger partial charge in [0.2, 0.25) is 5.90 Å². The molecule has 0 saturated carbocycles. The molecule has 0 saturated heterocycles. The topological polar surface area (TPSA) is 64.7 Å². The van der Waals surface area contributed by atoms with Crippen molar-refractivity contribution in [2.24, 2.45) is 4.99 Å². The van der Waals surface area contributed by atoms with E-state index in [2.05, 4.69) is 10.1 Å². The zero-order valence-corrected chi connectivity index (χ0v) is 14.8. The lowest BCUT2D eigenvalue weighted by atomic mass is 10.1. The molecule has 2 heterocycles. The predicted molar refractivity (Wildman–Crippen MR) is 98.7 cm³/mol. The number of benzene rings is 2. The molecule has 0 fully saturated rings. The zero-order valence-electron chi connectivity index (χ0n) is 14.1. The molecule has 1 aromatic heterocycles. The summed E-state index contributed by atoms with van der Waals surface area (Å²) in [5, 5.41) is 4.22. The fourth-order valence-corrected chi connectivity index (χ4v) is 2.94. The van der Waals surface area contributed by atoms with Crippen molar-refractivity contribution in [3.63, 3.8) is 0 Å². The Morgan fingerprint density at radius 1 is 1.11 bits per heavy atom. The lowest BCUT2D eigenvalue weighted by molar-refractivity contribution is -0.129. The summed E-state index contributed by atoms with van der Waals surface area (Å²) in [4.78, 5) is 16.5. The van der Waals surface area contributed by atoms with Crippen LogP contribution in [0.1, 0.15) is 16.9 Å². The average molecular weight is 383 g/mol. The van der Waals surface area contributed by atoms with E-state index in [9.17, 15) is 9.18 Å². The van der Waals surface area contributed by atoms with Gasteiger partial charge in [-0.05, 0) is 25.1 Å². The number of halogens is 2. The van der Waals surface area contributed by atoms with Crippen molar-refractivity contribution in [2.45, 2.75) is 6.92 Å². The summed E-state index contributed by atoms with van der Waals surface area (Å²) >= 11 is 6.01. The molecule has 1 aliphatic rings. The molecule has 3 aromatic rings. The summed E-state index contributed by atoms with van der Waals surface area (Å²) in [5.41, 5.74) is 1.78. The van der Waals surface area contributed by atoms with Crippen LogP contribution >= 0.6 is 11.6 Å². The third kappa shape index (κ3) is 3.15. The van der Waals surface area contributed by atoms with Gasteiger partial charge in [-0.15, -0.1) is 0 Å². The maximum absolute atomic E-state index is 14.0. The number of aromatic nitrogens is 1. The smallest absolute Gasteiger partial charge is 0.363 e. The molecule has 2 aromatic carbocycles. The van der Waals surface area contributed by atoms with Gasteiger partial charge in [0.15, 0.2) is 5.70 Å². The number of nitrogens with zero attached hydrogens (tertiary/aromatic N) is 2. The second-order valence-electron chi connectivity index (χ2n) is 5.80. The Bertz CT molecular complexity index is 1080. The standard InChI is InChI=1S/C20H12ClFN2O3/c1-11-17(18(24-27-11)12-6-3-2-4-7-12)19-23-16(20(25)26-19)10-13-14(21)8-5-9-15(13)22/h2-10H,1H3. The third-order valence-electron chi connectivity index (χ3n) is 4.03. The molecule has 0 unspecified atom stereocenters. The van der Waals surface area contributed by atoms with E-state index in [1.54, 1.807) is 6.92 Å². The molecule has 1 aliphatic heterocycles. The van der Waals surface area contributed by atoms with Gasteiger partial charge in [0, 0.05) is 11.1 Å². The lowest BCUT2D eigenvalue weighted by Gasteiger charge is -2.01. The first-order valence-electron chi connectivity index (χ1n) is 8.03. The van der Waals surface area contributed by atoms with E-state index in [1.165, 1.54) is 24.3 Å². The third-order valence-corrected chi connectivity index (χ3v) is 4.35. The van der Waals surface area contributed by atoms with Gasteiger partial charge in [0.1, 0.15) is 22.8 Å². The molecular weight excluding hydrogens is 371 g/mol. The van der Waals surface area contributed by atoms with Gasteiger partial charge in [-0.3, -0.25) is 0 Å². The first-order chi connectivity index (χ1) is 13.0. The number of aliphatic imine (C=N–C) groups is 1. The molecule has 5 nitrogen and oxygen atoms in total. The number of hydrogen-bond acceptors (Lipinski definition) is 5. The van der Waals surface area contributed by atoms with E-state index >= 15 is 0 Å². The number of carbonyl (C=O) groups excluding carboxylic acids is 1. The summed E-state index contributed by atoms with van der Waals surface area (Å²) < 4.78 is 24.6. The quantitative estimate of drug-likeness (QED) is 0.482. The molecule has 0 aliphatic carbocycles. The van der Waals surface area contributed by atoms with Crippen molar-refractivity contribution in [3.8, 4) is 11.3 Å². The summed E-state index contributed by atoms with van der Waals surface area (Å²) in [6.07, 6.45) is 1.26. The largest absolute Gasteiger partial charge is 0.402 e. The van der Waals surface area contributed by atoms with Crippen LogP contribution in [0.4, 0.5) is 4.39 Å². The molecule has 27 heavy (non-hydrogen) atoms. The highest BCUT2D eigenvalue weighted by atomic mass is 35.5. The second-order valence-corrected chi connectivity index (χ2v) is 6.21. The van der Waals surface area contributed by atoms with Gasteiger partial charge in [-0.2, -0.15) is 0 Å². The van der Waals surface area contributed by atoms with E-state index in [0.29, 0.717) is 17.0 Å². The molecule has 0 radical (unpaired) electrons. The molecule has 4 rings (SSSR count).